The fourth-order valence-corrected chi connectivity index (χ4v) is 6.35. The summed E-state index contributed by atoms with van der Waals surface area (Å²) >= 11 is 0. The van der Waals surface area contributed by atoms with Gasteiger partial charge in [0.1, 0.15) is 17.3 Å². The van der Waals surface area contributed by atoms with Crippen molar-refractivity contribution >= 4 is 15.8 Å². The van der Waals surface area contributed by atoms with Gasteiger partial charge in [0.2, 0.25) is 10.0 Å². The molecule has 202 valence electrons. The molecule has 0 N–H and O–H groups in total. The Hall–Kier alpha value is -3.22. The van der Waals surface area contributed by atoms with Gasteiger partial charge in [0, 0.05) is 57.7 Å². The van der Waals surface area contributed by atoms with Crippen LogP contribution in [0, 0.1) is 0 Å². The van der Waals surface area contributed by atoms with Gasteiger partial charge in [-0.2, -0.15) is 17.5 Å². The summed E-state index contributed by atoms with van der Waals surface area (Å²) in [6.07, 6.45) is 1.15. The smallest absolute Gasteiger partial charge is 0.417 e. The van der Waals surface area contributed by atoms with Crippen LogP contribution in [0.5, 0.6) is 11.5 Å². The van der Waals surface area contributed by atoms with Gasteiger partial charge in [-0.25, -0.2) is 13.4 Å². The van der Waals surface area contributed by atoms with Crippen LogP contribution in [0.2, 0.25) is 0 Å². The summed E-state index contributed by atoms with van der Waals surface area (Å²) in [5.74, 6) is 1.64. The summed E-state index contributed by atoms with van der Waals surface area (Å²) in [5, 5.41) is 0. The highest BCUT2D eigenvalue weighted by Crippen LogP contribution is 2.30. The molecule has 2 aromatic heterocycles. The van der Waals surface area contributed by atoms with Crippen molar-refractivity contribution in [2.24, 2.45) is 0 Å². The van der Waals surface area contributed by atoms with Crippen LogP contribution < -0.4 is 9.64 Å². The lowest BCUT2D eigenvalue weighted by Gasteiger charge is -2.42. The number of benzene rings is 1. The van der Waals surface area contributed by atoms with Crippen molar-refractivity contribution < 1.29 is 26.3 Å². The molecule has 0 atom stereocenters. The summed E-state index contributed by atoms with van der Waals surface area (Å²) in [6.45, 7) is 3.68. The third kappa shape index (κ3) is 5.92. The molecule has 0 saturated carbocycles. The fourth-order valence-electron chi connectivity index (χ4n) is 4.88. The fraction of sp³-hybridized carbons (Fsp3) is 0.385. The van der Waals surface area contributed by atoms with Crippen molar-refractivity contribution in [1.29, 1.82) is 0 Å². The number of piperidine rings is 1. The van der Waals surface area contributed by atoms with E-state index in [1.54, 1.807) is 48.8 Å². The van der Waals surface area contributed by atoms with Crippen molar-refractivity contribution in [3.63, 3.8) is 0 Å². The van der Waals surface area contributed by atoms with Gasteiger partial charge in [-0.15, -0.1) is 0 Å². The van der Waals surface area contributed by atoms with Crippen LogP contribution in [0.3, 0.4) is 0 Å². The number of aromatic nitrogens is 2. The van der Waals surface area contributed by atoms with Gasteiger partial charge in [-0.3, -0.25) is 9.88 Å². The minimum absolute atomic E-state index is 0.229. The topological polar surface area (TPSA) is 78.9 Å². The Morgan fingerprint density at radius 2 is 1.55 bits per heavy atom. The van der Waals surface area contributed by atoms with E-state index >= 15 is 0 Å². The minimum Gasteiger partial charge on any atom is -0.456 e. The molecule has 0 unspecified atom stereocenters. The van der Waals surface area contributed by atoms with E-state index < -0.39 is 21.8 Å². The van der Waals surface area contributed by atoms with E-state index in [-0.39, 0.29) is 10.9 Å². The second kappa shape index (κ2) is 10.9. The van der Waals surface area contributed by atoms with E-state index in [4.69, 9.17) is 4.74 Å². The molecule has 12 heteroatoms. The highest BCUT2D eigenvalue weighted by molar-refractivity contribution is 7.89. The second-order valence-electron chi connectivity index (χ2n) is 9.32. The van der Waals surface area contributed by atoms with Crippen molar-refractivity contribution in [3.05, 3.63) is 72.7 Å². The number of hydrogen-bond acceptors (Lipinski definition) is 7. The standard InChI is InChI=1S/C26H28F3N5O3S/c27-26(28,29)20-3-8-25(31-18-20)33-16-14-32(15-17-33)21-9-12-34(13-10-21)38(35,36)24-6-4-22(5-7-24)37-23-2-1-11-30-19-23/h1-8,11,18-19,21H,9-10,12-17H2. The molecular formula is C26H28F3N5O3S. The Morgan fingerprint density at radius 1 is 0.842 bits per heavy atom. The number of nitrogens with zero attached hydrogens (tertiary/aromatic N) is 5. The molecule has 5 rings (SSSR count). The Labute approximate surface area is 219 Å². The molecule has 0 aliphatic carbocycles. The lowest BCUT2D eigenvalue weighted by atomic mass is 10.0. The zero-order valence-corrected chi connectivity index (χ0v) is 21.4. The Bertz CT molecular complexity index is 1310. The third-order valence-electron chi connectivity index (χ3n) is 6.98. The van der Waals surface area contributed by atoms with Crippen molar-refractivity contribution in [2.75, 3.05) is 44.2 Å². The Balaban J connectivity index is 1.12. The summed E-state index contributed by atoms with van der Waals surface area (Å²) < 4.78 is 72.0. The van der Waals surface area contributed by atoms with E-state index in [9.17, 15) is 21.6 Å². The molecule has 0 radical (unpaired) electrons. The Kier molecular flexibility index (Phi) is 7.55. The zero-order chi connectivity index (χ0) is 26.8. The highest BCUT2D eigenvalue weighted by Gasteiger charge is 2.34. The molecule has 8 nitrogen and oxygen atoms in total. The highest BCUT2D eigenvalue weighted by atomic mass is 32.2. The summed E-state index contributed by atoms with van der Waals surface area (Å²) in [5.41, 5.74) is -0.754. The number of alkyl halides is 3. The van der Waals surface area contributed by atoms with Crippen LogP contribution in [-0.2, 0) is 16.2 Å². The van der Waals surface area contributed by atoms with Gasteiger partial charge in [0.15, 0.2) is 0 Å². The van der Waals surface area contributed by atoms with Crippen LogP contribution >= 0.6 is 0 Å². The van der Waals surface area contributed by atoms with E-state index in [1.165, 1.54) is 10.4 Å². The maximum atomic E-state index is 13.2. The van der Waals surface area contributed by atoms with E-state index in [2.05, 4.69) is 14.9 Å². The quantitative estimate of drug-likeness (QED) is 0.456. The first-order valence-corrected chi connectivity index (χ1v) is 13.8. The predicted molar refractivity (Wildman–Crippen MR) is 136 cm³/mol. The van der Waals surface area contributed by atoms with Crippen molar-refractivity contribution in [3.8, 4) is 11.5 Å². The molecule has 0 bridgehead atoms. The molecule has 0 amide bonds. The molecule has 38 heavy (non-hydrogen) atoms. The van der Waals surface area contributed by atoms with Gasteiger partial charge in [0.05, 0.1) is 16.7 Å². The monoisotopic (exact) mass is 547 g/mol. The Morgan fingerprint density at radius 3 is 2.13 bits per heavy atom. The van der Waals surface area contributed by atoms with Gasteiger partial charge in [-0.05, 0) is 61.4 Å². The van der Waals surface area contributed by atoms with Gasteiger partial charge in [-0.1, -0.05) is 0 Å². The van der Waals surface area contributed by atoms with E-state index in [0.29, 0.717) is 43.5 Å². The number of piperazine rings is 1. The first-order chi connectivity index (χ1) is 18.2. The number of pyridine rings is 2. The molecule has 2 aliphatic rings. The number of ether oxygens (including phenoxy) is 1. The largest absolute Gasteiger partial charge is 0.456 e. The molecule has 1 aromatic carbocycles. The number of hydrogen-bond donors (Lipinski definition) is 0. The SMILES string of the molecule is O=S(=O)(c1ccc(Oc2cccnc2)cc1)N1CCC(N2CCN(c3ccc(C(F)(F)F)cn3)CC2)CC1. The maximum absolute atomic E-state index is 13.2. The number of rotatable bonds is 6. The molecule has 3 aromatic rings. The van der Waals surface area contributed by atoms with Crippen molar-refractivity contribution in [2.45, 2.75) is 30.0 Å². The number of anilines is 1. The minimum atomic E-state index is -4.40. The van der Waals surface area contributed by atoms with E-state index in [1.807, 2.05) is 4.90 Å². The lowest BCUT2D eigenvalue weighted by Crippen LogP contribution is -2.53. The third-order valence-corrected chi connectivity index (χ3v) is 8.90. The molecule has 2 fully saturated rings. The molecule has 0 spiro atoms. The predicted octanol–water partition coefficient (Wildman–Crippen LogP) is 4.26. The molecule has 2 saturated heterocycles. The molecule has 2 aliphatic heterocycles. The molecule has 4 heterocycles. The number of halogens is 3. The zero-order valence-electron chi connectivity index (χ0n) is 20.6. The first-order valence-electron chi connectivity index (χ1n) is 12.4. The van der Waals surface area contributed by atoms with Crippen molar-refractivity contribution in [1.82, 2.24) is 19.2 Å². The number of sulfonamides is 1. The van der Waals surface area contributed by atoms with Gasteiger partial charge in [0.25, 0.3) is 0 Å². The molecular weight excluding hydrogens is 519 g/mol. The van der Waals surface area contributed by atoms with Gasteiger partial charge >= 0.3 is 6.18 Å². The summed E-state index contributed by atoms with van der Waals surface area (Å²) in [4.78, 5) is 12.6. The maximum Gasteiger partial charge on any atom is 0.417 e. The lowest BCUT2D eigenvalue weighted by molar-refractivity contribution is -0.137. The normalized spacial score (nSPS) is 18.4. The average molecular weight is 548 g/mol. The van der Waals surface area contributed by atoms with Crippen LogP contribution in [0.15, 0.2) is 72.0 Å². The summed E-state index contributed by atoms with van der Waals surface area (Å²) in [6, 6.07) is 12.7. The van der Waals surface area contributed by atoms with Crippen LogP contribution in [0.1, 0.15) is 18.4 Å². The van der Waals surface area contributed by atoms with Crippen LogP contribution in [-0.4, -0.2) is 72.9 Å². The summed E-state index contributed by atoms with van der Waals surface area (Å²) in [7, 11) is -3.61. The van der Waals surface area contributed by atoms with Crippen LogP contribution in [0.25, 0.3) is 0 Å². The van der Waals surface area contributed by atoms with Gasteiger partial charge < -0.3 is 9.64 Å². The van der Waals surface area contributed by atoms with Crippen LogP contribution in [0.4, 0.5) is 19.0 Å². The average Bonchev–Trinajstić information content (AvgIpc) is 2.94. The van der Waals surface area contributed by atoms with E-state index in [0.717, 1.165) is 38.2 Å². The second-order valence-corrected chi connectivity index (χ2v) is 11.3. The first kappa shape index (κ1) is 26.4.